The van der Waals surface area contributed by atoms with Gasteiger partial charge in [-0.15, -0.1) is 0 Å². The topological polar surface area (TPSA) is 69.7 Å². The van der Waals surface area contributed by atoms with Crippen LogP contribution in [0.4, 0.5) is 0 Å². The van der Waals surface area contributed by atoms with E-state index >= 15 is 0 Å². The van der Waals surface area contributed by atoms with Gasteiger partial charge in [0.2, 0.25) is 0 Å². The maximum absolute atomic E-state index is 11.4. The predicted molar refractivity (Wildman–Crippen MR) is 65.9 cm³/mol. The van der Waals surface area contributed by atoms with Gasteiger partial charge in [0.1, 0.15) is 19.0 Å². The van der Waals surface area contributed by atoms with Crippen LogP contribution in [0.15, 0.2) is 0 Å². The molecule has 18 heavy (non-hydrogen) atoms. The van der Waals surface area contributed by atoms with E-state index in [1.807, 2.05) is 0 Å². The van der Waals surface area contributed by atoms with E-state index in [4.69, 9.17) is 9.47 Å². The Morgan fingerprint density at radius 3 is 2.00 bits per heavy atom. The first-order valence-corrected chi connectivity index (χ1v) is 6.12. The van der Waals surface area contributed by atoms with Crippen LogP contribution in [-0.2, 0) is 23.9 Å². The highest BCUT2D eigenvalue weighted by molar-refractivity contribution is 5.82. The summed E-state index contributed by atoms with van der Waals surface area (Å²) in [5, 5.41) is 0. The largest absolute Gasteiger partial charge is 0.462 e. The summed E-state index contributed by atoms with van der Waals surface area (Å²) < 4.78 is 9.75. The van der Waals surface area contributed by atoms with Gasteiger partial charge in [-0.2, -0.15) is 0 Å². The quantitative estimate of drug-likeness (QED) is 0.515. The molecule has 0 aromatic carbocycles. The summed E-state index contributed by atoms with van der Waals surface area (Å²) in [7, 11) is 0. The lowest BCUT2D eigenvalue weighted by molar-refractivity contribution is -0.158. The van der Waals surface area contributed by atoms with Crippen molar-refractivity contribution in [2.75, 3.05) is 13.2 Å². The smallest absolute Gasteiger partial charge is 0.311 e. The minimum atomic E-state index is -0.558. The third kappa shape index (κ3) is 7.81. The highest BCUT2D eigenvalue weighted by atomic mass is 16.6. The molecule has 0 rings (SSSR count). The Morgan fingerprint density at radius 2 is 1.50 bits per heavy atom. The standard InChI is InChI=1S/C13H22O5/c1-5-10(14)6-7-11(15)17-8-9-18-12(16)13(2,3)4/h5-9H2,1-4H3. The third-order valence-corrected chi connectivity index (χ3v) is 2.19. The second-order valence-electron chi connectivity index (χ2n) is 5.00. The first kappa shape index (κ1) is 16.6. The number of carbonyl (C=O) groups is 3. The molecule has 0 saturated carbocycles. The van der Waals surface area contributed by atoms with Gasteiger partial charge >= 0.3 is 11.9 Å². The van der Waals surface area contributed by atoms with Gasteiger partial charge in [-0.1, -0.05) is 6.92 Å². The molecule has 0 unspecified atom stereocenters. The van der Waals surface area contributed by atoms with Gasteiger partial charge in [0.15, 0.2) is 0 Å². The van der Waals surface area contributed by atoms with Crippen LogP contribution in [0.2, 0.25) is 0 Å². The molecule has 0 amide bonds. The summed E-state index contributed by atoms with van der Waals surface area (Å²) >= 11 is 0. The van der Waals surface area contributed by atoms with Gasteiger partial charge in [0.05, 0.1) is 11.8 Å². The molecule has 0 aliphatic heterocycles. The first-order chi connectivity index (χ1) is 8.27. The van der Waals surface area contributed by atoms with Crippen molar-refractivity contribution in [1.29, 1.82) is 0 Å². The number of hydrogen-bond acceptors (Lipinski definition) is 5. The minimum absolute atomic E-state index is 0.0287. The molecule has 0 heterocycles. The van der Waals surface area contributed by atoms with Gasteiger partial charge in [0.25, 0.3) is 0 Å². The lowest BCUT2D eigenvalue weighted by atomic mass is 9.97. The summed E-state index contributed by atoms with van der Waals surface area (Å²) in [5.74, 6) is -0.741. The summed E-state index contributed by atoms with van der Waals surface area (Å²) in [6.07, 6.45) is 0.716. The fourth-order valence-electron chi connectivity index (χ4n) is 0.997. The number of Topliss-reactive ketones (excluding diaryl/α,β-unsaturated/α-hetero) is 1. The van der Waals surface area contributed by atoms with Gasteiger partial charge in [-0.3, -0.25) is 14.4 Å². The van der Waals surface area contributed by atoms with Gasteiger partial charge in [-0.05, 0) is 20.8 Å². The van der Waals surface area contributed by atoms with Crippen molar-refractivity contribution in [3.63, 3.8) is 0 Å². The molecule has 0 aliphatic rings. The van der Waals surface area contributed by atoms with Crippen LogP contribution in [-0.4, -0.2) is 30.9 Å². The zero-order valence-electron chi connectivity index (χ0n) is 11.6. The van der Waals surface area contributed by atoms with E-state index in [-0.39, 0.29) is 37.8 Å². The Labute approximate surface area is 108 Å². The van der Waals surface area contributed by atoms with Crippen LogP contribution >= 0.6 is 0 Å². The van der Waals surface area contributed by atoms with E-state index < -0.39 is 11.4 Å². The van der Waals surface area contributed by atoms with Crippen molar-refractivity contribution in [3.05, 3.63) is 0 Å². The van der Waals surface area contributed by atoms with Crippen molar-refractivity contribution in [3.8, 4) is 0 Å². The Hall–Kier alpha value is -1.39. The summed E-state index contributed by atoms with van der Waals surface area (Å²) in [4.78, 5) is 33.5. The van der Waals surface area contributed by atoms with Crippen LogP contribution in [0.3, 0.4) is 0 Å². The zero-order valence-corrected chi connectivity index (χ0v) is 11.6. The second-order valence-corrected chi connectivity index (χ2v) is 5.00. The molecule has 5 heteroatoms. The second kappa shape index (κ2) is 7.84. The lowest BCUT2D eigenvalue weighted by Gasteiger charge is -2.16. The molecule has 0 aliphatic carbocycles. The predicted octanol–water partition coefficient (Wildman–Crippen LogP) is 1.88. The molecule has 5 nitrogen and oxygen atoms in total. The lowest BCUT2D eigenvalue weighted by Crippen LogP contribution is -2.25. The highest BCUT2D eigenvalue weighted by Crippen LogP contribution is 2.14. The minimum Gasteiger partial charge on any atom is -0.462 e. The number of ether oxygens (including phenoxy) is 2. The maximum atomic E-state index is 11.4. The molecule has 0 spiro atoms. The van der Waals surface area contributed by atoms with Crippen molar-refractivity contribution >= 4 is 17.7 Å². The van der Waals surface area contributed by atoms with Crippen molar-refractivity contribution in [2.45, 2.75) is 47.0 Å². The van der Waals surface area contributed by atoms with Crippen molar-refractivity contribution in [1.82, 2.24) is 0 Å². The van der Waals surface area contributed by atoms with E-state index in [0.29, 0.717) is 6.42 Å². The van der Waals surface area contributed by atoms with Gasteiger partial charge < -0.3 is 9.47 Å². The monoisotopic (exact) mass is 258 g/mol. The highest BCUT2D eigenvalue weighted by Gasteiger charge is 2.22. The molecule has 0 fully saturated rings. The summed E-state index contributed by atoms with van der Waals surface area (Å²) in [5.41, 5.74) is -0.558. The molecular formula is C13H22O5. The first-order valence-electron chi connectivity index (χ1n) is 6.12. The zero-order chi connectivity index (χ0) is 14.2. The maximum Gasteiger partial charge on any atom is 0.311 e. The molecule has 0 aromatic heterocycles. The Morgan fingerprint density at radius 1 is 0.944 bits per heavy atom. The van der Waals surface area contributed by atoms with E-state index in [0.717, 1.165) is 0 Å². The molecular weight excluding hydrogens is 236 g/mol. The Bertz CT molecular complexity index is 301. The number of carbonyl (C=O) groups excluding carboxylic acids is 3. The Balaban J connectivity index is 3.64. The third-order valence-electron chi connectivity index (χ3n) is 2.19. The van der Waals surface area contributed by atoms with Crippen LogP contribution in [0.1, 0.15) is 47.0 Å². The van der Waals surface area contributed by atoms with E-state index in [1.165, 1.54) is 0 Å². The normalized spacial score (nSPS) is 10.9. The molecule has 0 bridgehead atoms. The summed E-state index contributed by atoms with van der Waals surface area (Å²) in [6, 6.07) is 0. The van der Waals surface area contributed by atoms with E-state index in [9.17, 15) is 14.4 Å². The van der Waals surface area contributed by atoms with Crippen molar-refractivity contribution in [2.24, 2.45) is 5.41 Å². The Kier molecular flexibility index (Phi) is 7.24. The SMILES string of the molecule is CCC(=O)CCC(=O)OCCOC(=O)C(C)(C)C. The number of ketones is 1. The number of hydrogen-bond donors (Lipinski definition) is 0. The molecule has 0 saturated heterocycles. The fraction of sp³-hybridized carbons (Fsp3) is 0.769. The fourth-order valence-corrected chi connectivity index (χ4v) is 0.997. The number of rotatable bonds is 7. The van der Waals surface area contributed by atoms with Crippen LogP contribution in [0.5, 0.6) is 0 Å². The molecule has 0 radical (unpaired) electrons. The number of esters is 2. The van der Waals surface area contributed by atoms with E-state index in [2.05, 4.69) is 0 Å². The molecule has 0 atom stereocenters. The van der Waals surface area contributed by atoms with Crippen LogP contribution < -0.4 is 0 Å². The molecule has 0 N–H and O–H groups in total. The van der Waals surface area contributed by atoms with Crippen LogP contribution in [0, 0.1) is 5.41 Å². The van der Waals surface area contributed by atoms with E-state index in [1.54, 1.807) is 27.7 Å². The van der Waals surface area contributed by atoms with Crippen molar-refractivity contribution < 1.29 is 23.9 Å². The average molecular weight is 258 g/mol. The van der Waals surface area contributed by atoms with Crippen LogP contribution in [0.25, 0.3) is 0 Å². The molecule has 104 valence electrons. The summed E-state index contributed by atoms with van der Waals surface area (Å²) in [6.45, 7) is 7.07. The average Bonchev–Trinajstić information content (AvgIpc) is 2.29. The van der Waals surface area contributed by atoms with Gasteiger partial charge in [0, 0.05) is 12.8 Å². The molecule has 0 aromatic rings. The van der Waals surface area contributed by atoms with Gasteiger partial charge in [-0.25, -0.2) is 0 Å².